The Hall–Kier alpha value is -0.850. The Morgan fingerprint density at radius 1 is 1.46 bits per heavy atom. The van der Waals surface area contributed by atoms with Crippen LogP contribution in [0.5, 0.6) is 0 Å². The number of hydrogen-bond donors (Lipinski definition) is 0. The zero-order chi connectivity index (χ0) is 10.3. The second-order valence-electron chi connectivity index (χ2n) is 3.40. The van der Waals surface area contributed by atoms with E-state index < -0.39 is 0 Å². The third kappa shape index (κ3) is 5.40. The SMILES string of the molecule is C/C=C\C(=C/CC)CC(C)C(C)=O. The van der Waals surface area contributed by atoms with Crippen LogP contribution in [0.25, 0.3) is 0 Å². The molecule has 1 unspecified atom stereocenters. The molecule has 0 amide bonds. The third-order valence-electron chi connectivity index (χ3n) is 2.08. The molecule has 0 N–H and O–H groups in total. The van der Waals surface area contributed by atoms with E-state index in [0.717, 1.165) is 12.8 Å². The fourth-order valence-corrected chi connectivity index (χ4v) is 1.19. The molecular formula is C12H20O. The van der Waals surface area contributed by atoms with Crippen molar-refractivity contribution < 1.29 is 4.79 Å². The minimum atomic E-state index is 0.147. The first-order valence-electron chi connectivity index (χ1n) is 4.94. The topological polar surface area (TPSA) is 17.1 Å². The van der Waals surface area contributed by atoms with Gasteiger partial charge >= 0.3 is 0 Å². The molecule has 0 rings (SSSR count). The summed E-state index contributed by atoms with van der Waals surface area (Å²) in [6, 6.07) is 0. The van der Waals surface area contributed by atoms with Crippen molar-refractivity contribution in [2.45, 2.75) is 40.5 Å². The van der Waals surface area contributed by atoms with Gasteiger partial charge in [0.1, 0.15) is 5.78 Å². The van der Waals surface area contributed by atoms with Gasteiger partial charge in [-0.15, -0.1) is 0 Å². The molecular weight excluding hydrogens is 160 g/mol. The van der Waals surface area contributed by atoms with Crippen LogP contribution < -0.4 is 0 Å². The highest BCUT2D eigenvalue weighted by molar-refractivity contribution is 5.78. The maximum absolute atomic E-state index is 11.0. The van der Waals surface area contributed by atoms with E-state index in [-0.39, 0.29) is 11.7 Å². The van der Waals surface area contributed by atoms with Gasteiger partial charge in [-0.1, -0.05) is 37.6 Å². The molecule has 0 bridgehead atoms. The number of allylic oxidation sites excluding steroid dienone is 4. The summed E-state index contributed by atoms with van der Waals surface area (Å²) in [4.78, 5) is 11.0. The lowest BCUT2D eigenvalue weighted by Crippen LogP contribution is -2.06. The van der Waals surface area contributed by atoms with E-state index in [2.05, 4.69) is 19.1 Å². The lowest BCUT2D eigenvalue weighted by atomic mass is 9.97. The normalized spacial score (nSPS) is 14.9. The first-order chi connectivity index (χ1) is 6.11. The molecule has 74 valence electrons. The Balaban J connectivity index is 4.26. The molecule has 0 aromatic heterocycles. The smallest absolute Gasteiger partial charge is 0.132 e. The zero-order valence-corrected chi connectivity index (χ0v) is 9.13. The van der Waals surface area contributed by atoms with Crippen molar-refractivity contribution in [1.82, 2.24) is 0 Å². The van der Waals surface area contributed by atoms with Crippen molar-refractivity contribution in [3.8, 4) is 0 Å². The van der Waals surface area contributed by atoms with Crippen LogP contribution >= 0.6 is 0 Å². The number of carbonyl (C=O) groups excluding carboxylic acids is 1. The fourth-order valence-electron chi connectivity index (χ4n) is 1.19. The molecule has 1 nitrogen and oxygen atoms in total. The van der Waals surface area contributed by atoms with Gasteiger partial charge in [-0.25, -0.2) is 0 Å². The lowest BCUT2D eigenvalue weighted by molar-refractivity contribution is -0.120. The van der Waals surface area contributed by atoms with Crippen LogP contribution in [0.1, 0.15) is 40.5 Å². The monoisotopic (exact) mass is 180 g/mol. The highest BCUT2D eigenvalue weighted by Crippen LogP contribution is 2.14. The third-order valence-corrected chi connectivity index (χ3v) is 2.08. The molecule has 0 aromatic rings. The average Bonchev–Trinajstić information content (AvgIpc) is 2.05. The molecule has 0 radical (unpaired) electrons. The highest BCUT2D eigenvalue weighted by atomic mass is 16.1. The molecule has 1 heteroatoms. The summed E-state index contributed by atoms with van der Waals surface area (Å²) in [5.74, 6) is 0.417. The van der Waals surface area contributed by atoms with E-state index in [0.29, 0.717) is 0 Å². The lowest BCUT2D eigenvalue weighted by Gasteiger charge is -2.07. The fraction of sp³-hybridized carbons (Fsp3) is 0.583. The van der Waals surface area contributed by atoms with Crippen molar-refractivity contribution in [3.05, 3.63) is 23.8 Å². The highest BCUT2D eigenvalue weighted by Gasteiger charge is 2.07. The van der Waals surface area contributed by atoms with Gasteiger partial charge < -0.3 is 0 Å². The number of Topliss-reactive ketones (excluding diaryl/α,β-unsaturated/α-hetero) is 1. The molecule has 0 aliphatic heterocycles. The molecule has 0 saturated carbocycles. The van der Waals surface area contributed by atoms with Gasteiger partial charge in [0.15, 0.2) is 0 Å². The number of carbonyl (C=O) groups is 1. The Kier molecular flexibility index (Phi) is 6.21. The maximum Gasteiger partial charge on any atom is 0.132 e. The van der Waals surface area contributed by atoms with Crippen LogP contribution in [-0.4, -0.2) is 5.78 Å². The average molecular weight is 180 g/mol. The van der Waals surface area contributed by atoms with E-state index >= 15 is 0 Å². The van der Waals surface area contributed by atoms with E-state index in [1.165, 1.54) is 5.57 Å². The second kappa shape index (κ2) is 6.64. The van der Waals surface area contributed by atoms with Crippen molar-refractivity contribution in [2.75, 3.05) is 0 Å². The van der Waals surface area contributed by atoms with Crippen molar-refractivity contribution in [1.29, 1.82) is 0 Å². The van der Waals surface area contributed by atoms with Crippen molar-refractivity contribution in [2.24, 2.45) is 5.92 Å². The minimum absolute atomic E-state index is 0.147. The van der Waals surface area contributed by atoms with Gasteiger partial charge in [-0.2, -0.15) is 0 Å². The van der Waals surface area contributed by atoms with Gasteiger partial charge in [-0.05, 0) is 26.7 Å². The van der Waals surface area contributed by atoms with Crippen LogP contribution in [0.4, 0.5) is 0 Å². The summed E-state index contributed by atoms with van der Waals surface area (Å²) in [5, 5.41) is 0. The molecule has 0 aliphatic carbocycles. The molecule has 0 aromatic carbocycles. The maximum atomic E-state index is 11.0. The molecule has 0 saturated heterocycles. The predicted octanol–water partition coefficient (Wildman–Crippen LogP) is 3.51. The predicted molar refractivity (Wildman–Crippen MR) is 57.7 cm³/mol. The summed E-state index contributed by atoms with van der Waals surface area (Å²) in [6.45, 7) is 7.75. The van der Waals surface area contributed by atoms with Crippen LogP contribution in [0.2, 0.25) is 0 Å². The number of hydrogen-bond acceptors (Lipinski definition) is 1. The van der Waals surface area contributed by atoms with E-state index in [1.54, 1.807) is 6.92 Å². The van der Waals surface area contributed by atoms with Crippen molar-refractivity contribution >= 4 is 5.78 Å². The van der Waals surface area contributed by atoms with E-state index in [9.17, 15) is 4.79 Å². The summed E-state index contributed by atoms with van der Waals surface area (Å²) >= 11 is 0. The second-order valence-corrected chi connectivity index (χ2v) is 3.40. The van der Waals surface area contributed by atoms with Gasteiger partial charge in [0, 0.05) is 5.92 Å². The van der Waals surface area contributed by atoms with Crippen LogP contribution in [0.15, 0.2) is 23.8 Å². The number of ketones is 1. The first-order valence-corrected chi connectivity index (χ1v) is 4.94. The van der Waals surface area contributed by atoms with E-state index in [1.807, 2.05) is 19.9 Å². The summed E-state index contributed by atoms with van der Waals surface area (Å²) in [6.07, 6.45) is 8.19. The standard InChI is InChI=1S/C12H20O/c1-5-7-12(8-6-2)9-10(3)11(4)13/h5,7-8,10H,6,9H2,1-4H3/b7-5-,12-8+. The van der Waals surface area contributed by atoms with Gasteiger partial charge in [0.05, 0.1) is 0 Å². The van der Waals surface area contributed by atoms with E-state index in [4.69, 9.17) is 0 Å². The molecule has 0 fully saturated rings. The van der Waals surface area contributed by atoms with Crippen molar-refractivity contribution in [3.63, 3.8) is 0 Å². The van der Waals surface area contributed by atoms with Gasteiger partial charge in [0.2, 0.25) is 0 Å². The van der Waals surface area contributed by atoms with Crippen LogP contribution in [-0.2, 0) is 4.79 Å². The summed E-state index contributed by atoms with van der Waals surface area (Å²) in [7, 11) is 0. The first kappa shape index (κ1) is 12.2. The molecule has 0 spiro atoms. The quantitative estimate of drug-likeness (QED) is 0.592. The number of rotatable bonds is 5. The van der Waals surface area contributed by atoms with Crippen LogP contribution in [0, 0.1) is 5.92 Å². The Bertz CT molecular complexity index is 211. The zero-order valence-electron chi connectivity index (χ0n) is 9.13. The Labute approximate surface area is 81.5 Å². The molecule has 1 atom stereocenters. The van der Waals surface area contributed by atoms with Gasteiger partial charge in [0.25, 0.3) is 0 Å². The Morgan fingerprint density at radius 3 is 2.46 bits per heavy atom. The molecule has 13 heavy (non-hydrogen) atoms. The largest absolute Gasteiger partial charge is 0.300 e. The van der Waals surface area contributed by atoms with Gasteiger partial charge in [-0.3, -0.25) is 4.79 Å². The summed E-state index contributed by atoms with van der Waals surface area (Å²) < 4.78 is 0. The molecule has 0 heterocycles. The molecule has 0 aliphatic rings. The Morgan fingerprint density at radius 2 is 2.08 bits per heavy atom. The van der Waals surface area contributed by atoms with Crippen LogP contribution in [0.3, 0.4) is 0 Å². The minimum Gasteiger partial charge on any atom is -0.300 e. The summed E-state index contributed by atoms with van der Waals surface area (Å²) in [5.41, 5.74) is 1.27.